The van der Waals surface area contributed by atoms with Crippen molar-refractivity contribution in [2.75, 3.05) is 18.9 Å². The quantitative estimate of drug-likeness (QED) is 0.419. The number of benzene rings is 3. The fourth-order valence-electron chi connectivity index (χ4n) is 5.61. The summed E-state index contributed by atoms with van der Waals surface area (Å²) in [5.74, 6) is 0.583. The number of hydrogen-bond acceptors (Lipinski definition) is 5. The van der Waals surface area contributed by atoms with Crippen molar-refractivity contribution in [1.82, 2.24) is 9.80 Å². The van der Waals surface area contributed by atoms with Gasteiger partial charge in [0, 0.05) is 30.4 Å². The van der Waals surface area contributed by atoms with Gasteiger partial charge in [0.1, 0.15) is 11.5 Å². The van der Waals surface area contributed by atoms with Crippen LogP contribution >= 0.6 is 0 Å². The van der Waals surface area contributed by atoms with Gasteiger partial charge >= 0.3 is 5.97 Å². The molecule has 2 N–H and O–H groups in total. The summed E-state index contributed by atoms with van der Waals surface area (Å²) in [6, 6.07) is 25.6. The summed E-state index contributed by atoms with van der Waals surface area (Å²) >= 11 is 0. The van der Waals surface area contributed by atoms with E-state index >= 15 is 0 Å². The second-order valence-electron chi connectivity index (χ2n) is 10.1. The van der Waals surface area contributed by atoms with Crippen molar-refractivity contribution in [3.63, 3.8) is 0 Å². The Morgan fingerprint density at radius 1 is 0.919 bits per heavy atom. The highest BCUT2D eigenvalue weighted by Crippen LogP contribution is 2.38. The molecule has 0 unspecified atom stereocenters. The van der Waals surface area contributed by atoms with Gasteiger partial charge in [-0.1, -0.05) is 30.3 Å². The van der Waals surface area contributed by atoms with Crippen LogP contribution in [-0.2, 0) is 11.3 Å². The van der Waals surface area contributed by atoms with Gasteiger partial charge in [-0.25, -0.2) is 4.79 Å². The number of carboxylic acids is 1. The average Bonchev–Trinajstić information content (AvgIpc) is 3.11. The fourth-order valence-corrected chi connectivity index (χ4v) is 5.61. The van der Waals surface area contributed by atoms with Crippen LogP contribution in [0.25, 0.3) is 0 Å². The first kappa shape index (κ1) is 25.0. The Bertz CT molecular complexity index is 1200. The van der Waals surface area contributed by atoms with Crippen LogP contribution in [0.4, 0.5) is 5.69 Å². The molecule has 0 radical (unpaired) electrons. The first-order valence-electron chi connectivity index (χ1n) is 12.9. The predicted octanol–water partition coefficient (Wildman–Crippen LogP) is 5.24. The van der Waals surface area contributed by atoms with Crippen LogP contribution in [0.2, 0.25) is 0 Å². The zero-order chi connectivity index (χ0) is 25.8. The van der Waals surface area contributed by atoms with Gasteiger partial charge in [0.2, 0.25) is 5.91 Å². The van der Waals surface area contributed by atoms with E-state index in [0.29, 0.717) is 30.2 Å². The standard InChI is InChI=1S/C30H33N3O4/c1-32(20-29(34)31-23-11-15-28(16-12-23)37-27-5-3-2-4-6-27)26-17-24-13-14-25(18-26)33(24)19-21-7-9-22(10-8-21)30(35)36/h2-12,15-16,24-26H,13-14,17-20H2,1H3,(H,31,34)(H,35,36)/t24-,25+,26-. The van der Waals surface area contributed by atoms with E-state index in [9.17, 15) is 9.59 Å². The van der Waals surface area contributed by atoms with E-state index in [-0.39, 0.29) is 5.91 Å². The van der Waals surface area contributed by atoms with Gasteiger partial charge in [0.25, 0.3) is 0 Å². The van der Waals surface area contributed by atoms with Crippen LogP contribution in [-0.4, -0.2) is 58.5 Å². The summed E-state index contributed by atoms with van der Waals surface area (Å²) in [4.78, 5) is 28.6. The SMILES string of the molecule is CN(CC(=O)Nc1ccc(Oc2ccccc2)cc1)[C@@H]1C[C@H]2CC[C@@H](C1)N2Cc1ccc(C(=O)O)cc1. The molecular weight excluding hydrogens is 466 g/mol. The molecule has 0 aromatic heterocycles. The van der Waals surface area contributed by atoms with Crippen molar-refractivity contribution in [3.8, 4) is 11.5 Å². The zero-order valence-corrected chi connectivity index (χ0v) is 21.0. The smallest absolute Gasteiger partial charge is 0.335 e. The van der Waals surface area contributed by atoms with Crippen molar-refractivity contribution in [2.45, 2.75) is 50.4 Å². The largest absolute Gasteiger partial charge is 0.478 e. The number of ether oxygens (including phenoxy) is 1. The van der Waals surface area contributed by atoms with Crippen molar-refractivity contribution < 1.29 is 19.4 Å². The molecule has 3 aromatic rings. The molecule has 192 valence electrons. The molecule has 1 amide bonds. The van der Waals surface area contributed by atoms with E-state index in [1.54, 1.807) is 12.1 Å². The summed E-state index contributed by atoms with van der Waals surface area (Å²) in [7, 11) is 2.04. The van der Waals surface area contributed by atoms with Gasteiger partial charge in [-0.3, -0.25) is 14.6 Å². The van der Waals surface area contributed by atoms with Crippen LogP contribution in [0.5, 0.6) is 11.5 Å². The molecule has 2 fully saturated rings. The average molecular weight is 500 g/mol. The Labute approximate surface area is 217 Å². The monoisotopic (exact) mass is 499 g/mol. The molecular formula is C30H33N3O4. The van der Waals surface area contributed by atoms with Gasteiger partial charge in [-0.05, 0) is 86.8 Å². The fraction of sp³-hybridized carbons (Fsp3) is 0.333. The molecule has 2 heterocycles. The Morgan fingerprint density at radius 3 is 2.16 bits per heavy atom. The molecule has 3 aromatic carbocycles. The van der Waals surface area contributed by atoms with Crippen molar-refractivity contribution >= 4 is 17.6 Å². The van der Waals surface area contributed by atoms with Crippen molar-refractivity contribution in [1.29, 1.82) is 0 Å². The van der Waals surface area contributed by atoms with Crippen LogP contribution in [0, 0.1) is 0 Å². The number of carboxylic acid groups (broad SMARTS) is 1. The number of fused-ring (bicyclic) bond motifs is 2. The van der Waals surface area contributed by atoms with Crippen LogP contribution < -0.4 is 10.1 Å². The van der Waals surface area contributed by atoms with E-state index in [4.69, 9.17) is 9.84 Å². The molecule has 0 aliphatic carbocycles. The second-order valence-corrected chi connectivity index (χ2v) is 10.1. The number of anilines is 1. The lowest BCUT2D eigenvalue weighted by atomic mass is 9.95. The Morgan fingerprint density at radius 2 is 1.54 bits per heavy atom. The number of nitrogens with one attached hydrogen (secondary N) is 1. The predicted molar refractivity (Wildman–Crippen MR) is 143 cm³/mol. The lowest BCUT2D eigenvalue weighted by molar-refractivity contribution is -0.117. The van der Waals surface area contributed by atoms with Gasteiger partial charge in [-0.15, -0.1) is 0 Å². The highest BCUT2D eigenvalue weighted by molar-refractivity contribution is 5.92. The third-order valence-electron chi connectivity index (χ3n) is 7.56. The maximum absolute atomic E-state index is 12.8. The van der Waals surface area contributed by atoms with E-state index in [1.807, 2.05) is 73.8 Å². The maximum Gasteiger partial charge on any atom is 0.335 e. The number of hydrogen-bond donors (Lipinski definition) is 2. The van der Waals surface area contributed by atoms with E-state index in [2.05, 4.69) is 15.1 Å². The van der Waals surface area contributed by atoms with Crippen molar-refractivity contribution in [3.05, 3.63) is 90.0 Å². The van der Waals surface area contributed by atoms with Gasteiger partial charge in [0.15, 0.2) is 0 Å². The number of carbonyl (C=O) groups excluding carboxylic acids is 1. The lowest BCUT2D eigenvalue weighted by Crippen LogP contribution is -2.50. The van der Waals surface area contributed by atoms with Crippen LogP contribution in [0.3, 0.4) is 0 Å². The molecule has 2 aliphatic heterocycles. The molecule has 7 nitrogen and oxygen atoms in total. The first-order valence-corrected chi connectivity index (χ1v) is 12.9. The highest BCUT2D eigenvalue weighted by Gasteiger charge is 2.41. The summed E-state index contributed by atoms with van der Waals surface area (Å²) in [6.45, 7) is 1.19. The second kappa shape index (κ2) is 11.2. The molecule has 3 atom stereocenters. The lowest BCUT2D eigenvalue weighted by Gasteiger charge is -2.42. The molecule has 0 spiro atoms. The van der Waals surface area contributed by atoms with Gasteiger partial charge < -0.3 is 15.2 Å². The minimum Gasteiger partial charge on any atom is -0.478 e. The summed E-state index contributed by atoms with van der Waals surface area (Å²) in [5.41, 5.74) is 2.22. The number of carbonyl (C=O) groups is 2. The number of likely N-dealkylation sites (N-methyl/N-ethyl adjacent to an activating group) is 1. The third kappa shape index (κ3) is 6.18. The summed E-state index contributed by atoms with van der Waals surface area (Å²) < 4.78 is 5.82. The molecule has 5 rings (SSSR count). The normalized spacial score (nSPS) is 21.1. The van der Waals surface area contributed by atoms with E-state index in [0.717, 1.165) is 42.1 Å². The van der Waals surface area contributed by atoms with Gasteiger partial charge in [-0.2, -0.15) is 0 Å². The Balaban J connectivity index is 1.11. The molecule has 2 aliphatic rings. The number of rotatable bonds is 9. The minimum atomic E-state index is -0.895. The summed E-state index contributed by atoms with van der Waals surface area (Å²) in [6.07, 6.45) is 4.43. The minimum absolute atomic E-state index is 0.0208. The van der Waals surface area contributed by atoms with Crippen LogP contribution in [0.15, 0.2) is 78.9 Å². The molecule has 0 saturated carbocycles. The zero-order valence-electron chi connectivity index (χ0n) is 21.0. The number of amides is 1. The molecule has 2 bridgehead atoms. The Hall–Kier alpha value is -3.68. The molecule has 7 heteroatoms. The highest BCUT2D eigenvalue weighted by atomic mass is 16.5. The number of aromatic carboxylic acids is 1. The topological polar surface area (TPSA) is 82.1 Å². The summed E-state index contributed by atoms with van der Waals surface area (Å²) in [5, 5.41) is 12.1. The first-order chi connectivity index (χ1) is 17.9. The van der Waals surface area contributed by atoms with Crippen molar-refractivity contribution in [2.24, 2.45) is 0 Å². The third-order valence-corrected chi connectivity index (χ3v) is 7.56. The van der Waals surface area contributed by atoms with Crippen LogP contribution in [0.1, 0.15) is 41.6 Å². The number of para-hydroxylation sites is 1. The Kier molecular flexibility index (Phi) is 7.53. The van der Waals surface area contributed by atoms with E-state index < -0.39 is 5.97 Å². The molecule has 2 saturated heterocycles. The number of piperidine rings is 1. The molecule has 37 heavy (non-hydrogen) atoms. The van der Waals surface area contributed by atoms with E-state index in [1.165, 1.54) is 12.8 Å². The van der Waals surface area contributed by atoms with Gasteiger partial charge in [0.05, 0.1) is 12.1 Å². The number of nitrogens with zero attached hydrogens (tertiary/aromatic N) is 2. The maximum atomic E-state index is 12.8.